The molecule has 1 heterocycles. The Bertz CT molecular complexity index is 1100. The molecule has 0 saturated carbocycles. The van der Waals surface area contributed by atoms with Crippen molar-refractivity contribution in [3.63, 3.8) is 0 Å². The summed E-state index contributed by atoms with van der Waals surface area (Å²) in [5.74, 6) is 0.753. The molecular formula is C29H30N2O3. The van der Waals surface area contributed by atoms with Crippen molar-refractivity contribution < 1.29 is 14.3 Å². The zero-order valence-electron chi connectivity index (χ0n) is 19.2. The number of likely N-dealkylation sites (tertiary alicyclic amines) is 1. The molecule has 1 aliphatic rings. The standard InChI is InChI=1S/C29H30N2O3/c32-28(15-14-23-8-3-1-4-9-23)31-18-16-26(17-19-31)29(33)30-21-25-12-7-13-27(20-25)34-22-24-10-5-2-6-11-24/h1-15,20,26H,16-19,21-22H2,(H,30,33)/b15-14+. The van der Waals surface area contributed by atoms with Gasteiger partial charge in [0.1, 0.15) is 12.4 Å². The van der Waals surface area contributed by atoms with E-state index in [1.165, 1.54) is 0 Å². The fraction of sp³-hybridized carbons (Fsp3) is 0.241. The molecule has 3 aromatic rings. The van der Waals surface area contributed by atoms with Crippen LogP contribution in [-0.4, -0.2) is 29.8 Å². The molecule has 174 valence electrons. The molecule has 0 radical (unpaired) electrons. The molecule has 0 aromatic heterocycles. The van der Waals surface area contributed by atoms with Crippen molar-refractivity contribution in [2.24, 2.45) is 5.92 Å². The zero-order valence-corrected chi connectivity index (χ0v) is 19.2. The molecular weight excluding hydrogens is 424 g/mol. The SMILES string of the molecule is O=C(NCc1cccc(OCc2ccccc2)c1)C1CCN(C(=O)/C=C/c2ccccc2)CC1. The number of ether oxygens (including phenoxy) is 1. The second-order valence-corrected chi connectivity index (χ2v) is 8.48. The lowest BCUT2D eigenvalue weighted by atomic mass is 9.95. The third-order valence-electron chi connectivity index (χ3n) is 6.01. The van der Waals surface area contributed by atoms with E-state index in [1.54, 1.807) is 6.08 Å². The van der Waals surface area contributed by atoms with Gasteiger partial charge in [0.05, 0.1) is 0 Å². The van der Waals surface area contributed by atoms with Gasteiger partial charge in [0, 0.05) is 31.6 Å². The summed E-state index contributed by atoms with van der Waals surface area (Å²) in [6.45, 7) is 2.16. The van der Waals surface area contributed by atoms with Gasteiger partial charge in [-0.15, -0.1) is 0 Å². The van der Waals surface area contributed by atoms with Crippen molar-refractivity contribution in [1.82, 2.24) is 10.2 Å². The van der Waals surface area contributed by atoms with Crippen LogP contribution in [0.25, 0.3) is 6.08 Å². The van der Waals surface area contributed by atoms with Crippen LogP contribution in [0.3, 0.4) is 0 Å². The van der Waals surface area contributed by atoms with Gasteiger partial charge in [-0.1, -0.05) is 72.8 Å². The number of carbonyl (C=O) groups excluding carboxylic acids is 2. The molecule has 3 aromatic carbocycles. The minimum atomic E-state index is -0.0698. The van der Waals surface area contributed by atoms with Crippen molar-refractivity contribution in [1.29, 1.82) is 0 Å². The monoisotopic (exact) mass is 454 g/mol. The van der Waals surface area contributed by atoms with Crippen LogP contribution in [0.1, 0.15) is 29.5 Å². The molecule has 0 bridgehead atoms. The van der Waals surface area contributed by atoms with E-state index in [2.05, 4.69) is 5.32 Å². The van der Waals surface area contributed by atoms with Crippen LogP contribution < -0.4 is 10.1 Å². The van der Waals surface area contributed by atoms with E-state index in [-0.39, 0.29) is 17.7 Å². The predicted molar refractivity (Wildman–Crippen MR) is 134 cm³/mol. The molecule has 5 nitrogen and oxygen atoms in total. The van der Waals surface area contributed by atoms with Gasteiger partial charge in [0.25, 0.3) is 0 Å². The van der Waals surface area contributed by atoms with Gasteiger partial charge < -0.3 is 15.0 Å². The average Bonchev–Trinajstić information content (AvgIpc) is 2.91. The minimum Gasteiger partial charge on any atom is -0.489 e. The molecule has 0 unspecified atom stereocenters. The molecule has 4 rings (SSSR count). The quantitative estimate of drug-likeness (QED) is 0.496. The van der Waals surface area contributed by atoms with Gasteiger partial charge in [-0.25, -0.2) is 0 Å². The third-order valence-corrected chi connectivity index (χ3v) is 6.01. The summed E-state index contributed by atoms with van der Waals surface area (Å²) < 4.78 is 5.88. The molecule has 0 spiro atoms. The van der Waals surface area contributed by atoms with Crippen LogP contribution in [0.4, 0.5) is 0 Å². The fourth-order valence-electron chi connectivity index (χ4n) is 4.02. The number of benzene rings is 3. The summed E-state index contributed by atoms with van der Waals surface area (Å²) in [7, 11) is 0. The first-order valence-electron chi connectivity index (χ1n) is 11.7. The molecule has 34 heavy (non-hydrogen) atoms. The van der Waals surface area contributed by atoms with E-state index in [0.717, 1.165) is 22.4 Å². The van der Waals surface area contributed by atoms with E-state index < -0.39 is 0 Å². The summed E-state index contributed by atoms with van der Waals surface area (Å²) in [4.78, 5) is 27.0. The number of nitrogens with one attached hydrogen (secondary N) is 1. The first kappa shape index (κ1) is 23.3. The Labute approximate surface area is 201 Å². The van der Waals surface area contributed by atoms with E-state index in [9.17, 15) is 9.59 Å². The Morgan fingerprint density at radius 3 is 2.29 bits per heavy atom. The van der Waals surface area contributed by atoms with Gasteiger partial charge in [-0.05, 0) is 47.7 Å². The summed E-state index contributed by atoms with van der Waals surface area (Å²) in [5.41, 5.74) is 3.11. The Morgan fingerprint density at radius 1 is 0.882 bits per heavy atom. The minimum absolute atomic E-state index is 0.00460. The summed E-state index contributed by atoms with van der Waals surface area (Å²) in [6, 6.07) is 27.6. The Morgan fingerprint density at radius 2 is 1.56 bits per heavy atom. The number of hydrogen-bond donors (Lipinski definition) is 1. The van der Waals surface area contributed by atoms with Gasteiger partial charge in [0.2, 0.25) is 11.8 Å². The maximum Gasteiger partial charge on any atom is 0.246 e. The molecule has 1 saturated heterocycles. The largest absolute Gasteiger partial charge is 0.489 e. The van der Waals surface area contributed by atoms with Crippen molar-refractivity contribution in [3.05, 3.63) is 108 Å². The summed E-state index contributed by atoms with van der Waals surface area (Å²) in [6.07, 6.45) is 4.80. The Kier molecular flexibility index (Phi) is 8.12. The molecule has 2 amide bonds. The van der Waals surface area contributed by atoms with Gasteiger partial charge in [-0.2, -0.15) is 0 Å². The third kappa shape index (κ3) is 6.82. The number of nitrogens with zero attached hydrogens (tertiary/aromatic N) is 1. The van der Waals surface area contributed by atoms with Crippen molar-refractivity contribution in [2.75, 3.05) is 13.1 Å². The molecule has 0 atom stereocenters. The molecule has 0 aliphatic carbocycles. The van der Waals surface area contributed by atoms with Crippen LogP contribution in [-0.2, 0) is 22.7 Å². The van der Waals surface area contributed by atoms with Crippen molar-refractivity contribution in [2.45, 2.75) is 26.0 Å². The van der Waals surface area contributed by atoms with Gasteiger partial charge in [-0.3, -0.25) is 9.59 Å². The molecule has 1 aliphatic heterocycles. The number of hydrogen-bond acceptors (Lipinski definition) is 3. The first-order chi connectivity index (χ1) is 16.7. The van der Waals surface area contributed by atoms with Crippen LogP contribution in [0, 0.1) is 5.92 Å². The molecule has 1 N–H and O–H groups in total. The normalized spacial score (nSPS) is 14.2. The summed E-state index contributed by atoms with van der Waals surface area (Å²) >= 11 is 0. The fourth-order valence-corrected chi connectivity index (χ4v) is 4.02. The van der Waals surface area contributed by atoms with Crippen LogP contribution in [0.2, 0.25) is 0 Å². The lowest BCUT2D eigenvalue weighted by Gasteiger charge is -2.30. The maximum atomic E-state index is 12.7. The average molecular weight is 455 g/mol. The highest BCUT2D eigenvalue weighted by atomic mass is 16.5. The molecule has 1 fully saturated rings. The van der Waals surface area contributed by atoms with E-state index in [4.69, 9.17) is 4.74 Å². The van der Waals surface area contributed by atoms with Crippen molar-refractivity contribution >= 4 is 17.9 Å². The summed E-state index contributed by atoms with van der Waals surface area (Å²) in [5, 5.41) is 3.05. The Hall–Kier alpha value is -3.86. The van der Waals surface area contributed by atoms with Crippen LogP contribution >= 0.6 is 0 Å². The number of carbonyl (C=O) groups is 2. The number of rotatable bonds is 8. The highest BCUT2D eigenvalue weighted by molar-refractivity contribution is 5.92. The lowest BCUT2D eigenvalue weighted by Crippen LogP contribution is -2.42. The van der Waals surface area contributed by atoms with Crippen LogP contribution in [0.15, 0.2) is 91.0 Å². The predicted octanol–water partition coefficient (Wildman–Crippen LogP) is 4.83. The molecule has 5 heteroatoms. The smallest absolute Gasteiger partial charge is 0.246 e. The maximum absolute atomic E-state index is 12.7. The van der Waals surface area contributed by atoms with E-state index in [0.29, 0.717) is 39.1 Å². The highest BCUT2D eigenvalue weighted by Crippen LogP contribution is 2.19. The topological polar surface area (TPSA) is 58.6 Å². The Balaban J connectivity index is 1.21. The van der Waals surface area contributed by atoms with Crippen LogP contribution in [0.5, 0.6) is 5.75 Å². The van der Waals surface area contributed by atoms with Gasteiger partial charge in [0.15, 0.2) is 0 Å². The van der Waals surface area contributed by atoms with Crippen molar-refractivity contribution in [3.8, 4) is 5.75 Å². The number of amides is 2. The van der Waals surface area contributed by atoms with Gasteiger partial charge >= 0.3 is 0 Å². The number of piperidine rings is 1. The second kappa shape index (κ2) is 11.8. The second-order valence-electron chi connectivity index (χ2n) is 8.48. The highest BCUT2D eigenvalue weighted by Gasteiger charge is 2.26. The first-order valence-corrected chi connectivity index (χ1v) is 11.7. The van der Waals surface area contributed by atoms with E-state index >= 15 is 0 Å². The lowest BCUT2D eigenvalue weighted by molar-refractivity contribution is -0.132. The van der Waals surface area contributed by atoms with E-state index in [1.807, 2.05) is 95.9 Å². The zero-order chi connectivity index (χ0) is 23.6.